The molecule has 1 aromatic rings. The van der Waals surface area contributed by atoms with Crippen molar-refractivity contribution in [2.24, 2.45) is 0 Å². The summed E-state index contributed by atoms with van der Waals surface area (Å²) in [5, 5.41) is 0.345. The largest absolute Gasteiger partial charge is 0.398 e. The van der Waals surface area contributed by atoms with Crippen LogP contribution < -0.4 is 5.73 Å². The van der Waals surface area contributed by atoms with Crippen molar-refractivity contribution in [3.63, 3.8) is 0 Å². The minimum absolute atomic E-state index is 0.132. The molecule has 0 bridgehead atoms. The van der Waals surface area contributed by atoms with Gasteiger partial charge in [0.15, 0.2) is 0 Å². The predicted octanol–water partition coefficient (Wildman–Crippen LogP) is 4.25. The molecule has 0 aliphatic heterocycles. The molecule has 0 amide bonds. The normalized spacial score (nSPS) is 14.0. The summed E-state index contributed by atoms with van der Waals surface area (Å²) in [5.41, 5.74) is 7.41. The average Bonchev–Trinajstić information content (AvgIpc) is 2.06. The molecule has 0 aliphatic carbocycles. The van der Waals surface area contributed by atoms with Crippen molar-refractivity contribution in [2.45, 2.75) is 39.3 Å². The van der Waals surface area contributed by atoms with Crippen molar-refractivity contribution in [2.75, 3.05) is 5.73 Å². The van der Waals surface area contributed by atoms with Crippen molar-refractivity contribution in [1.82, 2.24) is 0 Å². The quantitative estimate of drug-likeness (QED) is 0.716. The zero-order valence-corrected chi connectivity index (χ0v) is 10.3. The van der Waals surface area contributed by atoms with Crippen molar-refractivity contribution in [3.8, 4) is 0 Å². The van der Waals surface area contributed by atoms with E-state index in [2.05, 4.69) is 0 Å². The third-order valence-corrected chi connectivity index (χ3v) is 2.84. The molecule has 0 saturated heterocycles. The Balaban J connectivity index is 3.47. The topological polar surface area (TPSA) is 26.0 Å². The van der Waals surface area contributed by atoms with Crippen LogP contribution in [0.4, 0.5) is 10.1 Å². The molecular formula is C12H17ClFN. The number of benzene rings is 1. The summed E-state index contributed by atoms with van der Waals surface area (Å²) in [6.45, 7) is 7.57. The van der Waals surface area contributed by atoms with Gasteiger partial charge in [0.1, 0.15) is 6.17 Å². The number of nitrogens with two attached hydrogens (primary N) is 1. The lowest BCUT2D eigenvalue weighted by molar-refractivity contribution is 0.367. The predicted molar refractivity (Wildman–Crippen MR) is 64.1 cm³/mol. The van der Waals surface area contributed by atoms with Crippen molar-refractivity contribution in [1.29, 1.82) is 0 Å². The van der Waals surface area contributed by atoms with Gasteiger partial charge in [-0.05, 0) is 24.0 Å². The fourth-order valence-corrected chi connectivity index (χ4v) is 1.97. The van der Waals surface area contributed by atoms with E-state index in [1.165, 1.54) is 6.92 Å². The Hall–Kier alpha value is -0.760. The zero-order valence-electron chi connectivity index (χ0n) is 9.57. The van der Waals surface area contributed by atoms with Gasteiger partial charge in [0, 0.05) is 5.56 Å². The molecule has 0 aliphatic rings. The Morgan fingerprint density at radius 3 is 2.27 bits per heavy atom. The highest BCUT2D eigenvalue weighted by Gasteiger charge is 2.23. The second kappa shape index (κ2) is 4.01. The first kappa shape index (κ1) is 12.3. The van der Waals surface area contributed by atoms with Gasteiger partial charge in [-0.3, -0.25) is 0 Å². The fourth-order valence-electron chi connectivity index (χ4n) is 1.65. The maximum absolute atomic E-state index is 13.5. The van der Waals surface area contributed by atoms with E-state index in [4.69, 9.17) is 17.3 Å². The smallest absolute Gasteiger partial charge is 0.124 e. The van der Waals surface area contributed by atoms with Gasteiger partial charge in [0.25, 0.3) is 0 Å². The first-order valence-corrected chi connectivity index (χ1v) is 5.35. The van der Waals surface area contributed by atoms with E-state index in [-0.39, 0.29) is 5.41 Å². The molecule has 0 radical (unpaired) electrons. The van der Waals surface area contributed by atoms with E-state index in [1.54, 1.807) is 6.07 Å². The lowest BCUT2D eigenvalue weighted by Gasteiger charge is -2.25. The third kappa shape index (κ3) is 2.43. The highest BCUT2D eigenvalue weighted by Crippen LogP contribution is 2.38. The third-order valence-electron chi connectivity index (χ3n) is 2.42. The Labute approximate surface area is 95.4 Å². The van der Waals surface area contributed by atoms with Crippen LogP contribution in [0, 0.1) is 0 Å². The maximum atomic E-state index is 13.5. The van der Waals surface area contributed by atoms with Gasteiger partial charge in [-0.25, -0.2) is 4.39 Å². The van der Waals surface area contributed by atoms with Crippen molar-refractivity contribution < 1.29 is 4.39 Å². The van der Waals surface area contributed by atoms with E-state index >= 15 is 0 Å². The Kier molecular flexibility index (Phi) is 3.29. The lowest BCUT2D eigenvalue weighted by atomic mass is 9.82. The second-order valence-corrected chi connectivity index (χ2v) is 5.17. The molecule has 0 heterocycles. The molecule has 3 heteroatoms. The monoisotopic (exact) mass is 229 g/mol. The van der Waals surface area contributed by atoms with E-state index in [9.17, 15) is 4.39 Å². The number of hydrogen-bond donors (Lipinski definition) is 1. The summed E-state index contributed by atoms with van der Waals surface area (Å²) < 4.78 is 13.5. The summed E-state index contributed by atoms with van der Waals surface area (Å²) >= 11 is 6.03. The SMILES string of the molecule is CC(F)c1c(C(C)(C)C)ccc(N)c1Cl. The van der Waals surface area contributed by atoms with E-state index in [0.29, 0.717) is 16.3 Å². The van der Waals surface area contributed by atoms with Crippen LogP contribution in [0.3, 0.4) is 0 Å². The van der Waals surface area contributed by atoms with E-state index < -0.39 is 6.17 Å². The number of anilines is 1. The minimum Gasteiger partial charge on any atom is -0.398 e. The lowest BCUT2D eigenvalue weighted by Crippen LogP contribution is -2.15. The minimum atomic E-state index is -1.10. The molecule has 1 rings (SSSR count). The van der Waals surface area contributed by atoms with E-state index in [0.717, 1.165) is 5.56 Å². The number of alkyl halides is 1. The van der Waals surface area contributed by atoms with E-state index in [1.807, 2.05) is 26.8 Å². The van der Waals surface area contributed by atoms with Crippen molar-refractivity contribution in [3.05, 3.63) is 28.3 Å². The summed E-state index contributed by atoms with van der Waals surface area (Å²) in [6, 6.07) is 3.58. The summed E-state index contributed by atoms with van der Waals surface area (Å²) in [6.07, 6.45) is -1.10. The molecule has 84 valence electrons. The van der Waals surface area contributed by atoms with Gasteiger partial charge < -0.3 is 5.73 Å². The Bertz CT molecular complexity index is 367. The molecule has 0 aromatic heterocycles. The van der Waals surface area contributed by atoms with Crippen LogP contribution in [0.15, 0.2) is 12.1 Å². The number of rotatable bonds is 1. The standard InChI is InChI=1S/C12H17ClFN/c1-7(14)10-8(12(2,3)4)5-6-9(15)11(10)13/h5-7H,15H2,1-4H3. The van der Waals surface area contributed by atoms with Crippen LogP contribution in [0.2, 0.25) is 5.02 Å². The first-order valence-electron chi connectivity index (χ1n) is 4.97. The number of hydrogen-bond acceptors (Lipinski definition) is 1. The zero-order chi connectivity index (χ0) is 11.8. The Morgan fingerprint density at radius 2 is 1.87 bits per heavy atom. The van der Waals surface area contributed by atoms with Crippen LogP contribution in [0.1, 0.15) is 45.0 Å². The van der Waals surface area contributed by atoms with Gasteiger partial charge in [0.2, 0.25) is 0 Å². The molecular weight excluding hydrogens is 213 g/mol. The average molecular weight is 230 g/mol. The van der Waals surface area contributed by atoms with Gasteiger partial charge in [0.05, 0.1) is 10.7 Å². The van der Waals surface area contributed by atoms with Crippen LogP contribution in [-0.4, -0.2) is 0 Å². The molecule has 1 nitrogen and oxygen atoms in total. The summed E-state index contributed by atoms with van der Waals surface area (Å²) in [7, 11) is 0. The van der Waals surface area contributed by atoms with Crippen LogP contribution >= 0.6 is 11.6 Å². The maximum Gasteiger partial charge on any atom is 0.124 e. The van der Waals surface area contributed by atoms with Crippen LogP contribution in [0.25, 0.3) is 0 Å². The molecule has 0 saturated carbocycles. The number of nitrogen functional groups attached to an aromatic ring is 1. The van der Waals surface area contributed by atoms with Gasteiger partial charge in [-0.1, -0.05) is 38.4 Å². The van der Waals surface area contributed by atoms with Crippen LogP contribution in [-0.2, 0) is 5.41 Å². The first-order chi connectivity index (χ1) is 6.75. The highest BCUT2D eigenvalue weighted by atomic mass is 35.5. The Morgan fingerprint density at radius 1 is 1.33 bits per heavy atom. The van der Waals surface area contributed by atoms with Gasteiger partial charge in [-0.2, -0.15) is 0 Å². The molecule has 2 N–H and O–H groups in total. The highest BCUT2D eigenvalue weighted by molar-refractivity contribution is 6.34. The second-order valence-electron chi connectivity index (χ2n) is 4.80. The molecule has 1 unspecified atom stereocenters. The van der Waals surface area contributed by atoms with Crippen LogP contribution in [0.5, 0.6) is 0 Å². The van der Waals surface area contributed by atoms with Crippen molar-refractivity contribution >= 4 is 17.3 Å². The number of halogens is 2. The molecule has 1 aromatic carbocycles. The van der Waals surface area contributed by atoms with Gasteiger partial charge in [-0.15, -0.1) is 0 Å². The molecule has 0 fully saturated rings. The molecule has 1 atom stereocenters. The fraction of sp³-hybridized carbons (Fsp3) is 0.500. The molecule has 0 spiro atoms. The molecule has 15 heavy (non-hydrogen) atoms. The summed E-state index contributed by atoms with van der Waals surface area (Å²) in [4.78, 5) is 0. The summed E-state index contributed by atoms with van der Waals surface area (Å²) in [5.74, 6) is 0. The van der Waals surface area contributed by atoms with Gasteiger partial charge >= 0.3 is 0 Å².